The maximum absolute atomic E-state index is 13.4. The van der Waals surface area contributed by atoms with E-state index in [0.29, 0.717) is 23.8 Å². The van der Waals surface area contributed by atoms with Gasteiger partial charge in [0.2, 0.25) is 0 Å². The number of hydrogen-bond acceptors (Lipinski definition) is 4. The highest BCUT2D eigenvalue weighted by Gasteiger charge is 2.16. The molecule has 4 nitrogen and oxygen atoms in total. The summed E-state index contributed by atoms with van der Waals surface area (Å²) in [7, 11) is 0. The van der Waals surface area contributed by atoms with Crippen LogP contribution in [0.4, 0.5) is 4.39 Å². The van der Waals surface area contributed by atoms with E-state index in [2.05, 4.69) is 4.98 Å². The van der Waals surface area contributed by atoms with Crippen molar-refractivity contribution in [2.24, 2.45) is 0 Å². The van der Waals surface area contributed by atoms with E-state index in [4.69, 9.17) is 4.74 Å². The zero-order chi connectivity index (χ0) is 15.2. The Morgan fingerprint density at radius 3 is 2.71 bits per heavy atom. The highest BCUT2D eigenvalue weighted by atomic mass is 32.1. The van der Waals surface area contributed by atoms with Crippen LogP contribution in [0.5, 0.6) is 5.75 Å². The number of para-hydroxylation sites is 1. The first-order chi connectivity index (χ1) is 10.2. The number of nitrogens with zero attached hydrogens (tertiary/aromatic N) is 2. The van der Waals surface area contributed by atoms with Crippen LogP contribution in [0.25, 0.3) is 0 Å². The Bertz CT molecular complexity index is 611. The van der Waals surface area contributed by atoms with Gasteiger partial charge in [0.1, 0.15) is 17.3 Å². The number of carbonyl (C=O) groups is 1. The van der Waals surface area contributed by atoms with E-state index < -0.39 is 5.82 Å². The van der Waals surface area contributed by atoms with Gasteiger partial charge >= 0.3 is 0 Å². The van der Waals surface area contributed by atoms with Gasteiger partial charge in [-0.05, 0) is 26.0 Å². The quantitative estimate of drug-likeness (QED) is 0.822. The molecule has 112 valence electrons. The fourth-order valence-electron chi connectivity index (χ4n) is 1.85. The Labute approximate surface area is 127 Å². The zero-order valence-electron chi connectivity index (χ0n) is 12.0. The summed E-state index contributed by atoms with van der Waals surface area (Å²) in [6, 6.07) is 6.21. The number of amides is 1. The first kappa shape index (κ1) is 15.4. The molecule has 6 heteroatoms. The van der Waals surface area contributed by atoms with Crippen molar-refractivity contribution in [2.75, 3.05) is 13.1 Å². The lowest BCUT2D eigenvalue weighted by Gasteiger charge is -2.16. The molecule has 1 heterocycles. The van der Waals surface area contributed by atoms with Crippen molar-refractivity contribution < 1.29 is 13.9 Å². The van der Waals surface area contributed by atoms with Crippen LogP contribution in [0.1, 0.15) is 29.3 Å². The molecular weight excluding hydrogens is 291 g/mol. The SMILES string of the molecule is CCN(CC)C(=O)c1csc(COc2ccccc2F)n1. The normalized spacial score (nSPS) is 10.4. The standard InChI is InChI=1S/C15H17FN2O2S/c1-3-18(4-2)15(19)12-10-21-14(17-12)9-20-13-8-6-5-7-11(13)16/h5-8,10H,3-4,9H2,1-2H3. The van der Waals surface area contributed by atoms with Gasteiger partial charge in [-0.1, -0.05) is 12.1 Å². The minimum Gasteiger partial charge on any atom is -0.483 e. The summed E-state index contributed by atoms with van der Waals surface area (Å²) >= 11 is 1.34. The molecule has 0 aliphatic rings. The molecule has 0 atom stereocenters. The van der Waals surface area contributed by atoms with Gasteiger partial charge in [0, 0.05) is 18.5 Å². The molecule has 0 spiro atoms. The maximum atomic E-state index is 13.4. The Balaban J connectivity index is 2.00. The number of carbonyl (C=O) groups excluding carboxylic acids is 1. The molecule has 0 saturated heterocycles. The Morgan fingerprint density at radius 1 is 1.33 bits per heavy atom. The van der Waals surface area contributed by atoms with Crippen molar-refractivity contribution >= 4 is 17.2 Å². The number of aromatic nitrogens is 1. The minimum atomic E-state index is -0.409. The van der Waals surface area contributed by atoms with E-state index in [0.717, 1.165) is 0 Å². The van der Waals surface area contributed by atoms with Crippen molar-refractivity contribution in [2.45, 2.75) is 20.5 Å². The van der Waals surface area contributed by atoms with Gasteiger partial charge in [-0.3, -0.25) is 4.79 Å². The Hall–Kier alpha value is -1.95. The fourth-order valence-corrected chi connectivity index (χ4v) is 2.53. The fraction of sp³-hybridized carbons (Fsp3) is 0.333. The van der Waals surface area contributed by atoms with Crippen LogP contribution in [-0.2, 0) is 6.61 Å². The molecule has 1 amide bonds. The van der Waals surface area contributed by atoms with Crippen molar-refractivity contribution in [1.82, 2.24) is 9.88 Å². The van der Waals surface area contributed by atoms with Crippen LogP contribution in [0, 0.1) is 5.82 Å². The highest BCUT2D eigenvalue weighted by molar-refractivity contribution is 7.09. The van der Waals surface area contributed by atoms with Gasteiger partial charge in [0.15, 0.2) is 11.6 Å². The van der Waals surface area contributed by atoms with Crippen LogP contribution in [0.15, 0.2) is 29.6 Å². The molecule has 2 aromatic rings. The summed E-state index contributed by atoms with van der Waals surface area (Å²) in [5.41, 5.74) is 0.413. The first-order valence-corrected chi connectivity index (χ1v) is 7.64. The van der Waals surface area contributed by atoms with Crippen molar-refractivity contribution in [3.8, 4) is 5.75 Å². The summed E-state index contributed by atoms with van der Waals surface area (Å²) in [6.45, 7) is 5.30. The molecule has 0 aliphatic carbocycles. The molecule has 21 heavy (non-hydrogen) atoms. The third-order valence-corrected chi connectivity index (χ3v) is 3.83. The number of benzene rings is 1. The lowest BCUT2D eigenvalue weighted by molar-refractivity contribution is 0.0767. The van der Waals surface area contributed by atoms with E-state index in [-0.39, 0.29) is 18.3 Å². The molecule has 2 rings (SSSR count). The average molecular weight is 308 g/mol. The second kappa shape index (κ2) is 7.17. The van der Waals surface area contributed by atoms with Gasteiger partial charge in [-0.25, -0.2) is 9.37 Å². The topological polar surface area (TPSA) is 42.4 Å². The van der Waals surface area contributed by atoms with Gasteiger partial charge < -0.3 is 9.64 Å². The average Bonchev–Trinajstić information content (AvgIpc) is 2.96. The van der Waals surface area contributed by atoms with Crippen molar-refractivity contribution in [3.63, 3.8) is 0 Å². The molecular formula is C15H17FN2O2S. The third-order valence-electron chi connectivity index (χ3n) is 3.01. The molecule has 0 fully saturated rings. The van der Waals surface area contributed by atoms with Crippen LogP contribution in [-0.4, -0.2) is 28.9 Å². The molecule has 0 radical (unpaired) electrons. The number of thiazole rings is 1. The smallest absolute Gasteiger partial charge is 0.273 e. The maximum Gasteiger partial charge on any atom is 0.273 e. The zero-order valence-corrected chi connectivity index (χ0v) is 12.8. The lowest BCUT2D eigenvalue weighted by atomic mass is 10.3. The highest BCUT2D eigenvalue weighted by Crippen LogP contribution is 2.19. The van der Waals surface area contributed by atoms with Gasteiger partial charge in [0.25, 0.3) is 5.91 Å². The summed E-state index contributed by atoms with van der Waals surface area (Å²) < 4.78 is 18.8. The molecule has 0 unspecified atom stereocenters. The number of hydrogen-bond donors (Lipinski definition) is 0. The van der Waals surface area contributed by atoms with Gasteiger partial charge in [0.05, 0.1) is 0 Å². The molecule has 1 aromatic heterocycles. The third kappa shape index (κ3) is 3.78. The summed E-state index contributed by atoms with van der Waals surface area (Å²) in [5, 5.41) is 2.36. The number of ether oxygens (including phenoxy) is 1. The predicted octanol–water partition coefficient (Wildman–Crippen LogP) is 3.34. The summed E-state index contributed by atoms with van der Waals surface area (Å²) in [6.07, 6.45) is 0. The molecule has 0 bridgehead atoms. The number of rotatable bonds is 6. The molecule has 0 N–H and O–H groups in total. The summed E-state index contributed by atoms with van der Waals surface area (Å²) in [5.74, 6) is -0.314. The summed E-state index contributed by atoms with van der Waals surface area (Å²) in [4.78, 5) is 18.1. The minimum absolute atomic E-state index is 0.0895. The largest absolute Gasteiger partial charge is 0.483 e. The van der Waals surface area contributed by atoms with E-state index in [1.54, 1.807) is 28.5 Å². The predicted molar refractivity (Wildman–Crippen MR) is 80.1 cm³/mol. The Morgan fingerprint density at radius 2 is 2.05 bits per heavy atom. The first-order valence-electron chi connectivity index (χ1n) is 6.76. The molecule has 0 saturated carbocycles. The Kier molecular flexibility index (Phi) is 5.27. The van der Waals surface area contributed by atoms with Crippen LogP contribution in [0.3, 0.4) is 0 Å². The van der Waals surface area contributed by atoms with E-state index >= 15 is 0 Å². The second-order valence-corrected chi connectivity index (χ2v) is 5.27. The van der Waals surface area contributed by atoms with E-state index in [1.807, 2.05) is 13.8 Å². The van der Waals surface area contributed by atoms with Crippen molar-refractivity contribution in [3.05, 3.63) is 46.2 Å². The van der Waals surface area contributed by atoms with E-state index in [1.165, 1.54) is 17.4 Å². The number of halogens is 1. The van der Waals surface area contributed by atoms with Crippen molar-refractivity contribution in [1.29, 1.82) is 0 Å². The lowest BCUT2D eigenvalue weighted by Crippen LogP contribution is -2.30. The molecule has 0 aliphatic heterocycles. The second-order valence-electron chi connectivity index (χ2n) is 4.32. The van der Waals surface area contributed by atoms with Gasteiger partial charge in [-0.15, -0.1) is 11.3 Å². The van der Waals surface area contributed by atoms with E-state index in [9.17, 15) is 9.18 Å². The monoisotopic (exact) mass is 308 g/mol. The van der Waals surface area contributed by atoms with Crippen LogP contribution < -0.4 is 4.74 Å². The van der Waals surface area contributed by atoms with Crippen LogP contribution in [0.2, 0.25) is 0 Å². The molecule has 1 aromatic carbocycles. The van der Waals surface area contributed by atoms with Crippen LogP contribution >= 0.6 is 11.3 Å². The van der Waals surface area contributed by atoms with Gasteiger partial charge in [-0.2, -0.15) is 0 Å².